The van der Waals surface area contributed by atoms with Crippen molar-refractivity contribution in [1.82, 2.24) is 39.4 Å². The van der Waals surface area contributed by atoms with Crippen molar-refractivity contribution in [3.8, 4) is 17.5 Å². The first-order chi connectivity index (χ1) is 21.2. The summed E-state index contributed by atoms with van der Waals surface area (Å²) in [5, 5.41) is 7.48. The first-order valence-corrected chi connectivity index (χ1v) is 14.7. The average Bonchev–Trinajstić information content (AvgIpc) is 3.55. The standard InChI is InChI=1S/C31H33N9O4/c1-18-11-19(5-8-25(18)42-22-9-10-39-26(14-22)34-17-36-39)37-28-27-24(33-16-35-28)15-32-29(38-27)43-23-12-20-6-7-21(13-23)40(20)30(41)44-31(2,3)4/h5,8-11,14-17,20-21,23H,6-7,12-13H2,1-4H3,(H,33,35,37)/t20-,21+,23?. The molecule has 1 amide bonds. The highest BCUT2D eigenvalue weighted by Crippen LogP contribution is 2.38. The van der Waals surface area contributed by atoms with Crippen LogP contribution in [0.3, 0.4) is 0 Å². The molecule has 1 aromatic carbocycles. The lowest BCUT2D eigenvalue weighted by atomic mass is 10.0. The molecular weight excluding hydrogens is 562 g/mol. The minimum Gasteiger partial charge on any atom is -0.460 e. The number of aryl methyl sites for hydroxylation is 1. The lowest BCUT2D eigenvalue weighted by Crippen LogP contribution is -2.50. The van der Waals surface area contributed by atoms with Gasteiger partial charge in [-0.05, 0) is 70.4 Å². The SMILES string of the molecule is Cc1cc(Nc2ncnc3cnc(OC4C[C@H]5CC[C@@H](C4)N5C(=O)OC(C)(C)C)nc23)ccc1Oc1ccn2ncnc2c1. The van der Waals surface area contributed by atoms with Crippen LogP contribution >= 0.6 is 0 Å². The van der Waals surface area contributed by atoms with Crippen molar-refractivity contribution >= 4 is 34.3 Å². The molecule has 226 valence electrons. The van der Waals surface area contributed by atoms with E-state index in [1.165, 1.54) is 12.7 Å². The molecule has 2 aliphatic rings. The molecular formula is C31H33N9O4. The number of amides is 1. The Kier molecular flexibility index (Phi) is 6.87. The van der Waals surface area contributed by atoms with Crippen LogP contribution in [-0.4, -0.2) is 69.3 Å². The molecule has 0 spiro atoms. The molecule has 0 aliphatic carbocycles. The second kappa shape index (κ2) is 10.9. The Labute approximate surface area is 253 Å². The first-order valence-electron chi connectivity index (χ1n) is 14.7. The molecule has 3 atom stereocenters. The summed E-state index contributed by atoms with van der Waals surface area (Å²) in [6, 6.07) is 9.89. The molecule has 2 fully saturated rings. The number of carbonyl (C=O) groups is 1. The van der Waals surface area contributed by atoms with Crippen molar-refractivity contribution in [3.05, 3.63) is 60.9 Å². The maximum absolute atomic E-state index is 12.8. The molecule has 2 saturated heterocycles. The highest BCUT2D eigenvalue weighted by Gasteiger charge is 2.45. The van der Waals surface area contributed by atoms with Crippen molar-refractivity contribution < 1.29 is 19.0 Å². The number of rotatable bonds is 6. The van der Waals surface area contributed by atoms with Gasteiger partial charge in [0.05, 0.1) is 6.20 Å². The predicted molar refractivity (Wildman–Crippen MR) is 161 cm³/mol. The van der Waals surface area contributed by atoms with E-state index in [9.17, 15) is 4.79 Å². The normalized spacial score (nSPS) is 19.7. The number of benzene rings is 1. The Hall–Kier alpha value is -5.07. The molecule has 2 bridgehead atoms. The van der Waals surface area contributed by atoms with E-state index in [0.717, 1.165) is 29.8 Å². The van der Waals surface area contributed by atoms with E-state index < -0.39 is 5.60 Å². The highest BCUT2D eigenvalue weighted by atomic mass is 16.6. The van der Waals surface area contributed by atoms with E-state index in [4.69, 9.17) is 19.2 Å². The third kappa shape index (κ3) is 5.64. The van der Waals surface area contributed by atoms with Crippen LogP contribution in [-0.2, 0) is 4.74 Å². The number of nitrogens with one attached hydrogen (secondary N) is 1. The molecule has 7 rings (SSSR count). The van der Waals surface area contributed by atoms with E-state index in [2.05, 4.69) is 30.4 Å². The summed E-state index contributed by atoms with van der Waals surface area (Å²) in [6.07, 6.45) is 9.35. The van der Waals surface area contributed by atoms with Gasteiger partial charge in [0.25, 0.3) is 0 Å². The minimum atomic E-state index is -0.528. The van der Waals surface area contributed by atoms with Crippen molar-refractivity contribution in [2.24, 2.45) is 0 Å². The van der Waals surface area contributed by atoms with E-state index >= 15 is 0 Å². The van der Waals surface area contributed by atoms with Crippen LogP contribution < -0.4 is 14.8 Å². The summed E-state index contributed by atoms with van der Waals surface area (Å²) < 4.78 is 19.7. The number of pyridine rings is 1. The largest absolute Gasteiger partial charge is 0.460 e. The van der Waals surface area contributed by atoms with Gasteiger partial charge in [0.1, 0.15) is 46.9 Å². The Morgan fingerprint density at radius 2 is 1.82 bits per heavy atom. The van der Waals surface area contributed by atoms with Gasteiger partial charge in [-0.2, -0.15) is 10.1 Å². The summed E-state index contributed by atoms with van der Waals surface area (Å²) in [7, 11) is 0. The molecule has 0 radical (unpaired) electrons. The van der Waals surface area contributed by atoms with Gasteiger partial charge in [0.15, 0.2) is 11.5 Å². The fourth-order valence-corrected chi connectivity index (χ4v) is 5.94. The summed E-state index contributed by atoms with van der Waals surface area (Å²) >= 11 is 0. The van der Waals surface area contributed by atoms with E-state index in [-0.39, 0.29) is 30.3 Å². The summed E-state index contributed by atoms with van der Waals surface area (Å²) in [4.78, 5) is 36.8. The zero-order valence-electron chi connectivity index (χ0n) is 25.0. The lowest BCUT2D eigenvalue weighted by Gasteiger charge is -2.39. The van der Waals surface area contributed by atoms with Gasteiger partial charge in [0.2, 0.25) is 0 Å². The number of fused-ring (bicyclic) bond motifs is 4. The number of hydrogen-bond acceptors (Lipinski definition) is 11. The van der Waals surface area contributed by atoms with Gasteiger partial charge in [-0.3, -0.25) is 0 Å². The zero-order chi connectivity index (χ0) is 30.4. The summed E-state index contributed by atoms with van der Waals surface area (Å²) in [5.41, 5.74) is 3.06. The van der Waals surface area contributed by atoms with Gasteiger partial charge >= 0.3 is 12.1 Å². The molecule has 5 aromatic rings. The molecule has 13 heteroatoms. The molecule has 0 saturated carbocycles. The molecule has 1 N–H and O–H groups in total. The van der Waals surface area contributed by atoms with E-state index in [0.29, 0.717) is 41.1 Å². The number of nitrogens with zero attached hydrogens (tertiary/aromatic N) is 8. The van der Waals surface area contributed by atoms with E-state index in [1.807, 2.05) is 62.9 Å². The lowest BCUT2D eigenvalue weighted by molar-refractivity contribution is -0.00814. The van der Waals surface area contributed by atoms with Crippen LogP contribution in [0.25, 0.3) is 16.7 Å². The number of piperidine rings is 1. The molecule has 44 heavy (non-hydrogen) atoms. The second-order valence-electron chi connectivity index (χ2n) is 12.2. The third-order valence-corrected chi connectivity index (χ3v) is 7.84. The van der Waals surface area contributed by atoms with Crippen molar-refractivity contribution in [3.63, 3.8) is 0 Å². The smallest absolute Gasteiger partial charge is 0.410 e. The van der Waals surface area contributed by atoms with Crippen LogP contribution in [0.15, 0.2) is 55.4 Å². The van der Waals surface area contributed by atoms with Crippen molar-refractivity contribution in [2.75, 3.05) is 5.32 Å². The first kappa shape index (κ1) is 27.7. The monoisotopic (exact) mass is 595 g/mol. The number of aromatic nitrogens is 7. The zero-order valence-corrected chi connectivity index (χ0v) is 25.0. The molecule has 6 heterocycles. The molecule has 1 unspecified atom stereocenters. The van der Waals surface area contributed by atoms with Gasteiger partial charge in [-0.25, -0.2) is 29.2 Å². The maximum atomic E-state index is 12.8. The third-order valence-electron chi connectivity index (χ3n) is 7.84. The number of hydrogen-bond donors (Lipinski definition) is 1. The van der Waals surface area contributed by atoms with Crippen LogP contribution in [0, 0.1) is 6.92 Å². The van der Waals surface area contributed by atoms with Gasteiger partial charge in [-0.15, -0.1) is 0 Å². The van der Waals surface area contributed by atoms with Crippen molar-refractivity contribution in [2.45, 2.75) is 77.2 Å². The average molecular weight is 596 g/mol. The van der Waals surface area contributed by atoms with Crippen LogP contribution in [0.4, 0.5) is 16.3 Å². The van der Waals surface area contributed by atoms with Crippen LogP contribution in [0.1, 0.15) is 52.0 Å². The Morgan fingerprint density at radius 1 is 1.00 bits per heavy atom. The molecule has 13 nitrogen and oxygen atoms in total. The van der Waals surface area contributed by atoms with Crippen molar-refractivity contribution in [1.29, 1.82) is 0 Å². The molecule has 2 aliphatic heterocycles. The van der Waals surface area contributed by atoms with Gasteiger partial charge in [-0.1, -0.05) is 0 Å². The fraction of sp³-hybridized carbons (Fsp3) is 0.387. The number of anilines is 2. The minimum absolute atomic E-state index is 0.0791. The fourth-order valence-electron chi connectivity index (χ4n) is 5.94. The Bertz CT molecular complexity index is 1840. The summed E-state index contributed by atoms with van der Waals surface area (Å²) in [6.45, 7) is 7.64. The Morgan fingerprint density at radius 3 is 2.59 bits per heavy atom. The van der Waals surface area contributed by atoms with Crippen LogP contribution in [0.5, 0.6) is 17.5 Å². The van der Waals surface area contributed by atoms with Crippen LogP contribution in [0.2, 0.25) is 0 Å². The topological polar surface area (TPSA) is 142 Å². The van der Waals surface area contributed by atoms with Gasteiger partial charge < -0.3 is 24.4 Å². The number of ether oxygens (including phenoxy) is 3. The highest BCUT2D eigenvalue weighted by molar-refractivity contribution is 5.86. The van der Waals surface area contributed by atoms with E-state index in [1.54, 1.807) is 16.9 Å². The summed E-state index contributed by atoms with van der Waals surface area (Å²) in [5.74, 6) is 1.92. The maximum Gasteiger partial charge on any atom is 0.410 e. The van der Waals surface area contributed by atoms with Gasteiger partial charge in [0, 0.05) is 42.9 Å². The molecule has 4 aromatic heterocycles. The predicted octanol–water partition coefficient (Wildman–Crippen LogP) is 5.62. The quantitative estimate of drug-likeness (QED) is 0.261. The second-order valence-corrected chi connectivity index (χ2v) is 12.2. The number of carbonyl (C=O) groups excluding carboxylic acids is 1. The Balaban J connectivity index is 1.05.